The van der Waals surface area contributed by atoms with Crippen LogP contribution in [-0.2, 0) is 6.54 Å². The molecule has 29 heavy (non-hydrogen) atoms. The summed E-state index contributed by atoms with van der Waals surface area (Å²) >= 11 is 0. The molecule has 1 N–H and O–H groups in total. The van der Waals surface area contributed by atoms with E-state index in [1.54, 1.807) is 0 Å². The van der Waals surface area contributed by atoms with Gasteiger partial charge in [-0.25, -0.2) is 0 Å². The van der Waals surface area contributed by atoms with Crippen LogP contribution in [0.5, 0.6) is 17.2 Å². The number of benzene rings is 2. The highest BCUT2D eigenvalue weighted by Crippen LogP contribution is 2.33. The van der Waals surface area contributed by atoms with Gasteiger partial charge in [0.05, 0.1) is 6.61 Å². The molecule has 2 aliphatic rings. The fourth-order valence-electron chi connectivity index (χ4n) is 3.76. The maximum atomic E-state index is 5.77. The van der Waals surface area contributed by atoms with Crippen LogP contribution in [0.2, 0.25) is 0 Å². The molecule has 156 valence electrons. The first-order valence-electron chi connectivity index (χ1n) is 9.76. The third-order valence-electron chi connectivity index (χ3n) is 5.19. The predicted octanol–water partition coefficient (Wildman–Crippen LogP) is 3.65. The molecule has 0 saturated carbocycles. The highest BCUT2D eigenvalue weighted by Gasteiger charge is 2.21. The second kappa shape index (κ2) is 10.0. The molecule has 2 aromatic rings. The van der Waals surface area contributed by atoms with Gasteiger partial charge in [0.15, 0.2) is 17.5 Å². The van der Waals surface area contributed by atoms with Gasteiger partial charge in [-0.2, -0.15) is 0 Å². The van der Waals surface area contributed by atoms with Crippen molar-refractivity contribution in [3.63, 3.8) is 0 Å². The lowest BCUT2D eigenvalue weighted by Gasteiger charge is -2.28. The second-order valence-corrected chi connectivity index (χ2v) is 7.13. The summed E-state index contributed by atoms with van der Waals surface area (Å²) in [5.41, 5.74) is 2.43. The topological polar surface area (TPSA) is 55.3 Å². The van der Waals surface area contributed by atoms with E-state index >= 15 is 0 Å². The molecule has 1 atom stereocenters. The first kappa shape index (κ1) is 21.5. The van der Waals surface area contributed by atoms with Gasteiger partial charge >= 0.3 is 0 Å². The summed E-state index contributed by atoms with van der Waals surface area (Å²) in [6.45, 7) is 3.54. The van der Waals surface area contributed by atoms with Crippen LogP contribution < -0.4 is 19.5 Å². The highest BCUT2D eigenvalue weighted by molar-refractivity contribution is 14.0. The second-order valence-electron chi connectivity index (χ2n) is 7.13. The standard InChI is InChI=1S/C22H27N3O3.HI/c1-23-22(24-14-17-9-10-26-19-6-4-3-5-18(17)19)25(2)15-16-7-8-20-21(13-16)28-12-11-27-20;/h3-8,13,17H,9-12,14-15H2,1-2H3,(H,23,24);1H. The molecule has 4 rings (SSSR count). The van der Waals surface area contributed by atoms with E-state index < -0.39 is 0 Å². The van der Waals surface area contributed by atoms with Crippen molar-refractivity contribution in [2.24, 2.45) is 4.99 Å². The Hall–Kier alpha value is -2.16. The van der Waals surface area contributed by atoms with E-state index in [-0.39, 0.29) is 24.0 Å². The van der Waals surface area contributed by atoms with Crippen molar-refractivity contribution in [2.75, 3.05) is 40.5 Å². The van der Waals surface area contributed by atoms with E-state index in [4.69, 9.17) is 14.2 Å². The van der Waals surface area contributed by atoms with Crippen LogP contribution in [0.1, 0.15) is 23.5 Å². The van der Waals surface area contributed by atoms with Gasteiger partial charge in [-0.1, -0.05) is 24.3 Å². The minimum absolute atomic E-state index is 0. The Bertz CT molecular complexity index is 859. The molecule has 0 amide bonds. The van der Waals surface area contributed by atoms with Crippen molar-refractivity contribution in [3.05, 3.63) is 53.6 Å². The molecule has 1 unspecified atom stereocenters. The van der Waals surface area contributed by atoms with Crippen LogP contribution >= 0.6 is 24.0 Å². The van der Waals surface area contributed by atoms with Gasteiger partial charge in [-0.3, -0.25) is 4.99 Å². The van der Waals surface area contributed by atoms with Gasteiger partial charge < -0.3 is 24.4 Å². The van der Waals surface area contributed by atoms with Crippen molar-refractivity contribution in [1.82, 2.24) is 10.2 Å². The summed E-state index contributed by atoms with van der Waals surface area (Å²) in [5.74, 6) is 3.93. The Balaban J connectivity index is 0.00000240. The summed E-state index contributed by atoms with van der Waals surface area (Å²) in [4.78, 5) is 6.58. The van der Waals surface area contributed by atoms with Crippen LogP contribution in [0.4, 0.5) is 0 Å². The van der Waals surface area contributed by atoms with Crippen molar-refractivity contribution in [3.8, 4) is 17.2 Å². The quantitative estimate of drug-likeness (QED) is 0.388. The lowest BCUT2D eigenvalue weighted by atomic mass is 9.93. The number of nitrogens with one attached hydrogen (secondary N) is 1. The summed E-state index contributed by atoms with van der Waals surface area (Å²) in [5, 5.41) is 3.53. The number of hydrogen-bond donors (Lipinski definition) is 1. The fraction of sp³-hybridized carbons (Fsp3) is 0.409. The van der Waals surface area contributed by atoms with Gasteiger partial charge in [-0.15, -0.1) is 24.0 Å². The van der Waals surface area contributed by atoms with Crippen LogP contribution in [-0.4, -0.2) is 51.3 Å². The van der Waals surface area contributed by atoms with E-state index in [1.807, 2.05) is 38.4 Å². The maximum Gasteiger partial charge on any atom is 0.193 e. The van der Waals surface area contributed by atoms with Crippen LogP contribution in [0.15, 0.2) is 47.5 Å². The molecule has 2 aliphatic heterocycles. The third-order valence-corrected chi connectivity index (χ3v) is 5.19. The average Bonchev–Trinajstić information content (AvgIpc) is 2.74. The van der Waals surface area contributed by atoms with Gasteiger partial charge in [0, 0.05) is 33.1 Å². The largest absolute Gasteiger partial charge is 0.493 e. The first-order valence-corrected chi connectivity index (χ1v) is 9.76. The molecule has 6 nitrogen and oxygen atoms in total. The number of ether oxygens (including phenoxy) is 3. The molecule has 0 fully saturated rings. The van der Waals surface area contributed by atoms with E-state index in [0.717, 1.165) is 54.9 Å². The zero-order valence-corrected chi connectivity index (χ0v) is 19.2. The summed E-state index contributed by atoms with van der Waals surface area (Å²) in [7, 11) is 3.87. The number of guanidine groups is 1. The number of para-hydroxylation sites is 1. The van der Waals surface area contributed by atoms with Crippen molar-refractivity contribution >= 4 is 29.9 Å². The normalized spacial score (nSPS) is 17.4. The zero-order chi connectivity index (χ0) is 19.3. The molecule has 0 radical (unpaired) electrons. The minimum atomic E-state index is 0. The van der Waals surface area contributed by atoms with Crippen LogP contribution in [0.3, 0.4) is 0 Å². The van der Waals surface area contributed by atoms with E-state index in [1.165, 1.54) is 5.56 Å². The molecular formula is C22H28IN3O3. The minimum Gasteiger partial charge on any atom is -0.493 e. The van der Waals surface area contributed by atoms with Gasteiger partial charge in [0.1, 0.15) is 19.0 Å². The molecule has 2 heterocycles. The van der Waals surface area contributed by atoms with Crippen LogP contribution in [0.25, 0.3) is 0 Å². The van der Waals surface area contributed by atoms with E-state index in [9.17, 15) is 0 Å². The van der Waals surface area contributed by atoms with Gasteiger partial charge in [0.25, 0.3) is 0 Å². The fourth-order valence-corrected chi connectivity index (χ4v) is 3.76. The molecule has 0 spiro atoms. The Morgan fingerprint density at radius 2 is 1.79 bits per heavy atom. The molecule has 0 aromatic heterocycles. The average molecular weight is 509 g/mol. The molecule has 0 saturated heterocycles. The molecule has 0 bridgehead atoms. The lowest BCUT2D eigenvalue weighted by molar-refractivity contribution is 0.171. The first-order chi connectivity index (χ1) is 13.7. The smallest absolute Gasteiger partial charge is 0.193 e. The number of hydrogen-bond acceptors (Lipinski definition) is 4. The molecule has 2 aromatic carbocycles. The molecule has 7 heteroatoms. The molecular weight excluding hydrogens is 481 g/mol. The van der Waals surface area contributed by atoms with E-state index in [0.29, 0.717) is 19.1 Å². The SMILES string of the molecule is CN=C(NCC1CCOc2ccccc21)N(C)Cc1ccc2c(c1)OCCO2.I. The number of aliphatic imine (C=N–C) groups is 1. The molecule has 0 aliphatic carbocycles. The number of nitrogens with zero attached hydrogens (tertiary/aromatic N) is 2. The monoisotopic (exact) mass is 509 g/mol. The van der Waals surface area contributed by atoms with Gasteiger partial charge in [-0.05, 0) is 35.7 Å². The lowest BCUT2D eigenvalue weighted by Crippen LogP contribution is -2.40. The summed E-state index contributed by atoms with van der Waals surface area (Å²) < 4.78 is 17.1. The summed E-state index contributed by atoms with van der Waals surface area (Å²) in [6, 6.07) is 14.4. The van der Waals surface area contributed by atoms with Crippen molar-refractivity contribution < 1.29 is 14.2 Å². The third kappa shape index (κ3) is 5.07. The zero-order valence-electron chi connectivity index (χ0n) is 16.9. The van der Waals surface area contributed by atoms with Crippen LogP contribution in [0, 0.1) is 0 Å². The maximum absolute atomic E-state index is 5.77. The van der Waals surface area contributed by atoms with E-state index in [2.05, 4.69) is 33.4 Å². The number of rotatable bonds is 4. The summed E-state index contributed by atoms with van der Waals surface area (Å²) in [6.07, 6.45) is 1.01. The Morgan fingerprint density at radius 1 is 1.03 bits per heavy atom. The van der Waals surface area contributed by atoms with Gasteiger partial charge in [0.2, 0.25) is 0 Å². The number of fused-ring (bicyclic) bond motifs is 2. The predicted molar refractivity (Wildman–Crippen MR) is 125 cm³/mol. The van der Waals surface area contributed by atoms with Crippen molar-refractivity contribution in [1.29, 1.82) is 0 Å². The Kier molecular flexibility index (Phi) is 7.46. The number of halogens is 1. The Labute approximate surface area is 189 Å². The van der Waals surface area contributed by atoms with Crippen molar-refractivity contribution in [2.45, 2.75) is 18.9 Å². The highest BCUT2D eigenvalue weighted by atomic mass is 127. The Morgan fingerprint density at radius 3 is 2.62 bits per heavy atom.